The normalized spacial score (nSPS) is 17.1. The molecule has 1 saturated heterocycles. The van der Waals surface area contributed by atoms with Crippen molar-refractivity contribution in [3.8, 4) is 0 Å². The van der Waals surface area contributed by atoms with Gasteiger partial charge >= 0.3 is 0 Å². The fourth-order valence-electron chi connectivity index (χ4n) is 2.37. The van der Waals surface area contributed by atoms with E-state index >= 15 is 0 Å². The Morgan fingerprint density at radius 3 is 2.24 bits per heavy atom. The number of rotatable bonds is 7. The number of amides is 1. The molecule has 2 N–H and O–H groups in total. The van der Waals surface area contributed by atoms with Crippen LogP contribution in [0, 0.1) is 5.92 Å². The quantitative estimate of drug-likeness (QED) is 0.709. The van der Waals surface area contributed by atoms with E-state index in [2.05, 4.69) is 18.7 Å². The lowest BCUT2D eigenvalue weighted by Gasteiger charge is -2.36. The molecular weight excluding hydrogens is 313 g/mol. The largest absolute Gasteiger partial charge is 0.380 e. The summed E-state index contributed by atoms with van der Waals surface area (Å²) in [6.07, 6.45) is 0.767. The average Bonchev–Trinajstić information content (AvgIpc) is 2.38. The minimum atomic E-state index is -0.338. The molecule has 7 heteroatoms. The number of nitrogens with zero attached hydrogens (tertiary/aromatic N) is 2. The zero-order valence-corrected chi connectivity index (χ0v) is 15.0. The van der Waals surface area contributed by atoms with Crippen molar-refractivity contribution in [3.05, 3.63) is 0 Å². The first-order valence-corrected chi connectivity index (χ1v) is 7.39. The Morgan fingerprint density at radius 1 is 1.19 bits per heavy atom. The first-order valence-electron chi connectivity index (χ1n) is 7.39. The van der Waals surface area contributed by atoms with Crippen LogP contribution in [0.3, 0.4) is 0 Å². The van der Waals surface area contributed by atoms with E-state index in [1.54, 1.807) is 0 Å². The van der Waals surface area contributed by atoms with Gasteiger partial charge in [0.25, 0.3) is 0 Å². The molecule has 1 aliphatic rings. The third-order valence-electron chi connectivity index (χ3n) is 3.48. The minimum Gasteiger partial charge on any atom is -0.380 e. The van der Waals surface area contributed by atoms with E-state index in [4.69, 9.17) is 10.5 Å². The molecule has 0 saturated carbocycles. The number of hydrogen-bond donors (Lipinski definition) is 1. The van der Waals surface area contributed by atoms with E-state index in [1.807, 2.05) is 11.8 Å². The molecule has 0 radical (unpaired) electrons. The highest BCUT2D eigenvalue weighted by Crippen LogP contribution is 2.08. The van der Waals surface area contributed by atoms with E-state index < -0.39 is 0 Å². The van der Waals surface area contributed by atoms with Gasteiger partial charge in [-0.2, -0.15) is 0 Å². The summed E-state index contributed by atoms with van der Waals surface area (Å²) in [5, 5.41) is 0. The van der Waals surface area contributed by atoms with Gasteiger partial charge in [-0.1, -0.05) is 13.8 Å². The molecule has 1 rings (SSSR count). The van der Waals surface area contributed by atoms with Gasteiger partial charge in [0, 0.05) is 39.3 Å². The maximum absolute atomic E-state index is 12.2. The van der Waals surface area contributed by atoms with Gasteiger partial charge in [-0.25, -0.2) is 0 Å². The number of halogens is 2. The van der Waals surface area contributed by atoms with E-state index in [9.17, 15) is 4.79 Å². The van der Waals surface area contributed by atoms with Gasteiger partial charge in [0.15, 0.2) is 0 Å². The second-order valence-corrected chi connectivity index (χ2v) is 5.60. The van der Waals surface area contributed by atoms with Gasteiger partial charge in [0.05, 0.1) is 12.6 Å². The lowest BCUT2D eigenvalue weighted by molar-refractivity contribution is -0.134. The third-order valence-corrected chi connectivity index (χ3v) is 3.48. The average molecular weight is 344 g/mol. The molecule has 0 aliphatic carbocycles. The molecule has 1 amide bonds. The second-order valence-electron chi connectivity index (χ2n) is 5.60. The van der Waals surface area contributed by atoms with Crippen LogP contribution in [0.1, 0.15) is 27.2 Å². The Balaban J connectivity index is 0. The van der Waals surface area contributed by atoms with E-state index in [0.29, 0.717) is 5.92 Å². The van der Waals surface area contributed by atoms with Crippen molar-refractivity contribution in [2.24, 2.45) is 11.7 Å². The molecule has 1 fully saturated rings. The van der Waals surface area contributed by atoms with Crippen LogP contribution in [0.5, 0.6) is 0 Å². The molecule has 21 heavy (non-hydrogen) atoms. The molecule has 1 aliphatic heterocycles. The second kappa shape index (κ2) is 12.5. The van der Waals surface area contributed by atoms with Crippen LogP contribution < -0.4 is 5.73 Å². The number of nitrogens with two attached hydrogens (primary N) is 1. The van der Waals surface area contributed by atoms with Crippen molar-refractivity contribution in [3.63, 3.8) is 0 Å². The Bertz CT molecular complexity index is 273. The standard InChI is InChI=1S/C14H29N3O2.2ClH/c1-4-19-10-9-16-5-7-17(8-6-16)14(18)13(15)11-12(2)3;;/h12-13H,4-11,15H2,1-3H3;2*1H/t13-;;/m0../s1. The van der Waals surface area contributed by atoms with Crippen molar-refractivity contribution in [1.82, 2.24) is 9.80 Å². The number of carbonyl (C=O) groups excluding carboxylic acids is 1. The van der Waals surface area contributed by atoms with Gasteiger partial charge in [0.2, 0.25) is 5.91 Å². The highest BCUT2D eigenvalue weighted by Gasteiger charge is 2.25. The van der Waals surface area contributed by atoms with Crippen LogP contribution in [0.4, 0.5) is 0 Å². The van der Waals surface area contributed by atoms with Gasteiger partial charge < -0.3 is 15.4 Å². The smallest absolute Gasteiger partial charge is 0.239 e. The summed E-state index contributed by atoms with van der Waals surface area (Å²) in [5.74, 6) is 0.574. The summed E-state index contributed by atoms with van der Waals surface area (Å²) < 4.78 is 5.35. The number of piperazine rings is 1. The Morgan fingerprint density at radius 2 is 1.76 bits per heavy atom. The van der Waals surface area contributed by atoms with E-state index in [-0.39, 0.29) is 36.8 Å². The SMILES string of the molecule is CCOCCN1CCN(C(=O)[C@@H](N)CC(C)C)CC1.Cl.Cl. The maximum atomic E-state index is 12.2. The van der Waals surface area contributed by atoms with Crippen molar-refractivity contribution in [1.29, 1.82) is 0 Å². The predicted octanol–water partition coefficient (Wildman–Crippen LogP) is 1.38. The van der Waals surface area contributed by atoms with Crippen LogP contribution in [-0.2, 0) is 9.53 Å². The molecule has 0 spiro atoms. The molecule has 1 atom stereocenters. The Labute approximate surface area is 141 Å². The molecule has 0 unspecified atom stereocenters. The molecule has 0 aromatic rings. The van der Waals surface area contributed by atoms with E-state index in [1.165, 1.54) is 0 Å². The van der Waals surface area contributed by atoms with E-state index in [0.717, 1.165) is 52.4 Å². The first-order chi connectivity index (χ1) is 9.04. The van der Waals surface area contributed by atoms with Gasteiger partial charge in [0.1, 0.15) is 0 Å². The zero-order chi connectivity index (χ0) is 14.3. The number of ether oxygens (including phenoxy) is 1. The molecule has 0 bridgehead atoms. The van der Waals surface area contributed by atoms with Crippen LogP contribution in [-0.4, -0.2) is 67.7 Å². The molecule has 128 valence electrons. The highest BCUT2D eigenvalue weighted by molar-refractivity contribution is 5.85. The van der Waals surface area contributed by atoms with Crippen LogP contribution >= 0.6 is 24.8 Å². The summed E-state index contributed by atoms with van der Waals surface area (Å²) in [6.45, 7) is 12.1. The van der Waals surface area contributed by atoms with Gasteiger partial charge in [-0.3, -0.25) is 9.69 Å². The number of hydrogen-bond acceptors (Lipinski definition) is 4. The number of carbonyl (C=O) groups is 1. The fourth-order valence-corrected chi connectivity index (χ4v) is 2.37. The van der Waals surface area contributed by atoms with Crippen molar-refractivity contribution < 1.29 is 9.53 Å². The third kappa shape index (κ3) is 8.83. The highest BCUT2D eigenvalue weighted by atomic mass is 35.5. The molecule has 5 nitrogen and oxygen atoms in total. The summed E-state index contributed by atoms with van der Waals surface area (Å²) in [5.41, 5.74) is 5.96. The van der Waals surface area contributed by atoms with Gasteiger partial charge in [-0.05, 0) is 19.3 Å². The molecule has 1 heterocycles. The zero-order valence-electron chi connectivity index (χ0n) is 13.4. The monoisotopic (exact) mass is 343 g/mol. The molecule has 0 aromatic heterocycles. The van der Waals surface area contributed by atoms with Crippen LogP contribution in [0.2, 0.25) is 0 Å². The predicted molar refractivity (Wildman–Crippen MR) is 91.4 cm³/mol. The van der Waals surface area contributed by atoms with Crippen LogP contribution in [0.25, 0.3) is 0 Å². The molecular formula is C14H31Cl2N3O2. The lowest BCUT2D eigenvalue weighted by Crippen LogP contribution is -2.53. The topological polar surface area (TPSA) is 58.8 Å². The van der Waals surface area contributed by atoms with Crippen molar-refractivity contribution in [2.45, 2.75) is 33.2 Å². The lowest BCUT2D eigenvalue weighted by atomic mass is 10.0. The summed E-state index contributed by atoms with van der Waals surface area (Å²) >= 11 is 0. The summed E-state index contributed by atoms with van der Waals surface area (Å²) in [4.78, 5) is 16.4. The molecule has 0 aromatic carbocycles. The van der Waals surface area contributed by atoms with Crippen molar-refractivity contribution in [2.75, 3.05) is 45.9 Å². The fraction of sp³-hybridized carbons (Fsp3) is 0.929. The maximum Gasteiger partial charge on any atom is 0.239 e. The summed E-state index contributed by atoms with van der Waals surface area (Å²) in [6, 6.07) is -0.338. The Hall–Kier alpha value is -0.0700. The summed E-state index contributed by atoms with van der Waals surface area (Å²) in [7, 11) is 0. The first kappa shape index (κ1) is 23.2. The Kier molecular flexibility index (Phi) is 13.8. The van der Waals surface area contributed by atoms with Crippen molar-refractivity contribution >= 4 is 30.7 Å². The van der Waals surface area contributed by atoms with Crippen LogP contribution in [0.15, 0.2) is 0 Å². The van der Waals surface area contributed by atoms with Gasteiger partial charge in [-0.15, -0.1) is 24.8 Å². The minimum absolute atomic E-state index is 0.